The number of aromatic nitrogens is 3. The van der Waals surface area contributed by atoms with Crippen LogP contribution < -0.4 is 0 Å². The molecule has 0 spiro atoms. The number of benzene rings is 6. The Balaban J connectivity index is 1.28. The van der Waals surface area contributed by atoms with Gasteiger partial charge < -0.3 is 0 Å². The molecule has 0 saturated heterocycles. The van der Waals surface area contributed by atoms with Crippen LogP contribution >= 0.6 is 0 Å². The maximum absolute atomic E-state index is 5.04. The SMILES string of the molecule is c1ccc(-c2nc(-c3ccc(-c4cc5nc6ccccc6cc5c5ccccc45)cc3)nc3ccccc23)cc1. The Hall–Kier alpha value is -5.41. The summed E-state index contributed by atoms with van der Waals surface area (Å²) in [6, 6.07) is 48.5. The van der Waals surface area contributed by atoms with Crippen LogP contribution in [-0.4, -0.2) is 15.0 Å². The van der Waals surface area contributed by atoms with E-state index in [0.29, 0.717) is 0 Å². The molecule has 40 heavy (non-hydrogen) atoms. The van der Waals surface area contributed by atoms with Gasteiger partial charge in [-0.05, 0) is 46.2 Å². The summed E-state index contributed by atoms with van der Waals surface area (Å²) >= 11 is 0. The van der Waals surface area contributed by atoms with Crippen molar-refractivity contribution in [2.75, 3.05) is 0 Å². The van der Waals surface area contributed by atoms with E-state index in [-0.39, 0.29) is 0 Å². The van der Waals surface area contributed by atoms with Crippen molar-refractivity contribution < 1.29 is 0 Å². The van der Waals surface area contributed by atoms with E-state index < -0.39 is 0 Å². The zero-order chi connectivity index (χ0) is 26.5. The topological polar surface area (TPSA) is 38.7 Å². The minimum absolute atomic E-state index is 0.723. The summed E-state index contributed by atoms with van der Waals surface area (Å²) in [6.07, 6.45) is 0. The van der Waals surface area contributed by atoms with Crippen LogP contribution in [0.1, 0.15) is 0 Å². The largest absolute Gasteiger partial charge is 0.248 e. The molecule has 0 saturated carbocycles. The average Bonchev–Trinajstić information content (AvgIpc) is 3.03. The molecule has 0 atom stereocenters. The summed E-state index contributed by atoms with van der Waals surface area (Å²) < 4.78 is 0. The Morgan fingerprint density at radius 3 is 1.82 bits per heavy atom. The second-order valence-corrected chi connectivity index (χ2v) is 10.1. The van der Waals surface area contributed by atoms with E-state index in [1.54, 1.807) is 0 Å². The smallest absolute Gasteiger partial charge is 0.160 e. The number of nitrogens with zero attached hydrogens (tertiary/aromatic N) is 3. The van der Waals surface area contributed by atoms with Gasteiger partial charge in [0.1, 0.15) is 0 Å². The van der Waals surface area contributed by atoms with Gasteiger partial charge in [-0.2, -0.15) is 0 Å². The molecule has 0 radical (unpaired) electrons. The molecule has 0 aliphatic rings. The van der Waals surface area contributed by atoms with Crippen molar-refractivity contribution in [1.82, 2.24) is 15.0 Å². The van der Waals surface area contributed by atoms with Gasteiger partial charge in [0, 0.05) is 27.3 Å². The lowest BCUT2D eigenvalue weighted by atomic mass is 9.94. The highest BCUT2D eigenvalue weighted by molar-refractivity contribution is 6.15. The third-order valence-electron chi connectivity index (χ3n) is 7.65. The Labute approximate surface area is 231 Å². The third-order valence-corrected chi connectivity index (χ3v) is 7.65. The number of hydrogen-bond donors (Lipinski definition) is 0. The summed E-state index contributed by atoms with van der Waals surface area (Å²) in [5.41, 5.74) is 8.28. The predicted octanol–water partition coefficient (Wildman–Crippen LogP) is 9.49. The first kappa shape index (κ1) is 22.6. The first-order valence-electron chi connectivity index (χ1n) is 13.5. The maximum Gasteiger partial charge on any atom is 0.160 e. The van der Waals surface area contributed by atoms with Gasteiger partial charge in [-0.3, -0.25) is 0 Å². The zero-order valence-corrected chi connectivity index (χ0v) is 21.6. The fraction of sp³-hybridized carbons (Fsp3) is 0. The lowest BCUT2D eigenvalue weighted by molar-refractivity contribution is 1.23. The molecule has 0 N–H and O–H groups in total. The van der Waals surface area contributed by atoms with Crippen molar-refractivity contribution in [3.8, 4) is 33.8 Å². The van der Waals surface area contributed by atoms with Crippen molar-refractivity contribution in [3.05, 3.63) is 140 Å². The summed E-state index contributed by atoms with van der Waals surface area (Å²) in [5.74, 6) is 0.723. The lowest BCUT2D eigenvalue weighted by Gasteiger charge is -2.13. The second-order valence-electron chi connectivity index (χ2n) is 10.1. The van der Waals surface area contributed by atoms with Crippen LogP contribution in [0.2, 0.25) is 0 Å². The van der Waals surface area contributed by atoms with Crippen LogP contribution in [0.5, 0.6) is 0 Å². The minimum Gasteiger partial charge on any atom is -0.248 e. The summed E-state index contributed by atoms with van der Waals surface area (Å²) in [4.78, 5) is 15.0. The van der Waals surface area contributed by atoms with Gasteiger partial charge in [0.2, 0.25) is 0 Å². The van der Waals surface area contributed by atoms with Crippen LogP contribution in [0.4, 0.5) is 0 Å². The molecule has 0 aliphatic heterocycles. The van der Waals surface area contributed by atoms with Crippen molar-refractivity contribution in [3.63, 3.8) is 0 Å². The first-order valence-corrected chi connectivity index (χ1v) is 13.5. The minimum atomic E-state index is 0.723. The molecule has 0 fully saturated rings. The number of para-hydroxylation sites is 2. The van der Waals surface area contributed by atoms with Gasteiger partial charge >= 0.3 is 0 Å². The van der Waals surface area contributed by atoms with Gasteiger partial charge in [-0.25, -0.2) is 15.0 Å². The third kappa shape index (κ3) is 3.71. The molecule has 0 aliphatic carbocycles. The van der Waals surface area contributed by atoms with Gasteiger partial charge in [0.15, 0.2) is 5.82 Å². The van der Waals surface area contributed by atoms with Crippen LogP contribution in [0.3, 0.4) is 0 Å². The highest BCUT2D eigenvalue weighted by atomic mass is 14.9. The molecule has 8 rings (SSSR count). The Kier molecular flexibility index (Phi) is 5.14. The van der Waals surface area contributed by atoms with E-state index in [1.165, 1.54) is 21.7 Å². The molecule has 186 valence electrons. The Morgan fingerprint density at radius 2 is 1.00 bits per heavy atom. The van der Waals surface area contributed by atoms with E-state index in [9.17, 15) is 0 Å². The quantitative estimate of drug-likeness (QED) is 0.176. The molecular weight excluding hydrogens is 486 g/mol. The van der Waals surface area contributed by atoms with Crippen molar-refractivity contribution in [1.29, 1.82) is 0 Å². The van der Waals surface area contributed by atoms with E-state index in [2.05, 4.69) is 103 Å². The van der Waals surface area contributed by atoms with E-state index >= 15 is 0 Å². The van der Waals surface area contributed by atoms with E-state index in [4.69, 9.17) is 15.0 Å². The molecule has 2 heterocycles. The molecule has 0 amide bonds. The molecule has 6 aromatic carbocycles. The highest BCUT2D eigenvalue weighted by Gasteiger charge is 2.13. The standard InChI is InChI=1S/C37H23N3/c1-2-10-25(11-3-1)36-30-15-7-9-17-34(30)39-37(40-36)26-20-18-24(19-21-26)31-23-35-32(29-14-6-5-13-28(29)31)22-27-12-4-8-16-33(27)38-35/h1-23H. The summed E-state index contributed by atoms with van der Waals surface area (Å²) in [7, 11) is 0. The first-order chi connectivity index (χ1) is 19.8. The van der Waals surface area contributed by atoms with Gasteiger partial charge in [-0.15, -0.1) is 0 Å². The fourth-order valence-corrected chi connectivity index (χ4v) is 5.68. The molecule has 2 aromatic heterocycles. The highest BCUT2D eigenvalue weighted by Crippen LogP contribution is 2.36. The monoisotopic (exact) mass is 509 g/mol. The number of hydrogen-bond acceptors (Lipinski definition) is 3. The molecule has 3 nitrogen and oxygen atoms in total. The van der Waals surface area contributed by atoms with E-state index in [0.717, 1.165) is 55.5 Å². The molecule has 0 unspecified atom stereocenters. The summed E-state index contributed by atoms with van der Waals surface area (Å²) in [5, 5.41) is 5.81. The van der Waals surface area contributed by atoms with Gasteiger partial charge in [0.05, 0.1) is 22.2 Å². The fourth-order valence-electron chi connectivity index (χ4n) is 5.68. The van der Waals surface area contributed by atoms with Crippen LogP contribution in [-0.2, 0) is 0 Å². The molecule has 0 bridgehead atoms. The van der Waals surface area contributed by atoms with Gasteiger partial charge in [0.25, 0.3) is 0 Å². The Bertz CT molecular complexity index is 2200. The van der Waals surface area contributed by atoms with Crippen LogP contribution in [0.15, 0.2) is 140 Å². The molecular formula is C37H23N3. The van der Waals surface area contributed by atoms with Crippen molar-refractivity contribution >= 4 is 43.5 Å². The van der Waals surface area contributed by atoms with Crippen molar-refractivity contribution in [2.45, 2.75) is 0 Å². The molecule has 3 heteroatoms. The summed E-state index contributed by atoms with van der Waals surface area (Å²) in [6.45, 7) is 0. The normalized spacial score (nSPS) is 11.5. The lowest BCUT2D eigenvalue weighted by Crippen LogP contribution is -1.95. The van der Waals surface area contributed by atoms with E-state index in [1.807, 2.05) is 36.4 Å². The number of rotatable bonds is 3. The number of pyridine rings is 1. The predicted molar refractivity (Wildman–Crippen MR) is 166 cm³/mol. The number of fused-ring (bicyclic) bond motifs is 5. The van der Waals surface area contributed by atoms with Crippen molar-refractivity contribution in [2.24, 2.45) is 0 Å². The van der Waals surface area contributed by atoms with Crippen LogP contribution in [0, 0.1) is 0 Å². The van der Waals surface area contributed by atoms with Gasteiger partial charge in [-0.1, -0.05) is 115 Å². The maximum atomic E-state index is 5.04. The second kappa shape index (κ2) is 9.11. The Morgan fingerprint density at radius 1 is 0.350 bits per heavy atom. The average molecular weight is 510 g/mol. The zero-order valence-electron chi connectivity index (χ0n) is 21.6. The van der Waals surface area contributed by atoms with Crippen LogP contribution in [0.25, 0.3) is 77.3 Å². The molecule has 8 aromatic rings.